The van der Waals surface area contributed by atoms with Gasteiger partial charge in [-0.15, -0.1) is 23.7 Å². The number of hydrogen-bond donors (Lipinski definition) is 2. The number of aromatic nitrogens is 1. The van der Waals surface area contributed by atoms with Gasteiger partial charge < -0.3 is 10.2 Å². The molecule has 2 N–H and O–H groups in total. The van der Waals surface area contributed by atoms with Crippen molar-refractivity contribution in [2.24, 2.45) is 0 Å². The largest absolute Gasteiger partial charge is 0.354 e. The van der Waals surface area contributed by atoms with Crippen molar-refractivity contribution in [3.8, 4) is 0 Å². The molecule has 2 aromatic heterocycles. The van der Waals surface area contributed by atoms with Crippen molar-refractivity contribution in [1.82, 2.24) is 10.3 Å². The van der Waals surface area contributed by atoms with Crippen LogP contribution in [0.1, 0.15) is 5.56 Å². The number of aryl methyl sites for hydroxylation is 1. The Bertz CT molecular complexity index is 1030. The molecule has 4 rings (SSSR count). The summed E-state index contributed by atoms with van der Waals surface area (Å²) in [5.41, 5.74) is 1.65. The maximum absolute atomic E-state index is 12.8. The summed E-state index contributed by atoms with van der Waals surface area (Å²) >= 11 is 1.27. The van der Waals surface area contributed by atoms with E-state index in [1.165, 1.54) is 11.3 Å². The highest BCUT2D eigenvalue weighted by Gasteiger charge is 2.21. The predicted molar refractivity (Wildman–Crippen MR) is 114 cm³/mol. The van der Waals surface area contributed by atoms with Crippen molar-refractivity contribution in [3.05, 3.63) is 48.2 Å². The normalized spacial score (nSPS) is 14.8. The molecule has 1 aromatic carbocycles. The third kappa shape index (κ3) is 4.19. The zero-order chi connectivity index (χ0) is 18.1. The molecule has 6 nitrogen and oxygen atoms in total. The Balaban J connectivity index is 0.00000210. The summed E-state index contributed by atoms with van der Waals surface area (Å²) in [6.07, 6.45) is 1.75. The van der Waals surface area contributed by atoms with Gasteiger partial charge in [0.05, 0.1) is 0 Å². The van der Waals surface area contributed by atoms with Gasteiger partial charge in [0, 0.05) is 48.1 Å². The van der Waals surface area contributed by atoms with E-state index < -0.39 is 10.0 Å². The van der Waals surface area contributed by atoms with E-state index in [1.54, 1.807) is 24.4 Å². The summed E-state index contributed by atoms with van der Waals surface area (Å²) in [5.74, 6) is 0.858. The van der Waals surface area contributed by atoms with Crippen LogP contribution in [0.4, 0.5) is 11.5 Å². The first-order valence-corrected chi connectivity index (χ1v) is 10.8. The maximum atomic E-state index is 12.8. The van der Waals surface area contributed by atoms with Gasteiger partial charge in [0.2, 0.25) is 0 Å². The van der Waals surface area contributed by atoms with Crippen LogP contribution in [0.3, 0.4) is 0 Å². The van der Waals surface area contributed by atoms with Gasteiger partial charge in [0.1, 0.15) is 10.0 Å². The minimum atomic E-state index is -3.63. The average Bonchev–Trinajstić information content (AvgIpc) is 3.09. The van der Waals surface area contributed by atoms with Crippen LogP contribution in [-0.4, -0.2) is 39.6 Å². The topological polar surface area (TPSA) is 74.3 Å². The van der Waals surface area contributed by atoms with Gasteiger partial charge in [-0.1, -0.05) is 17.7 Å². The molecule has 1 saturated heterocycles. The van der Waals surface area contributed by atoms with Crippen LogP contribution in [0.15, 0.2) is 46.8 Å². The smallest absolute Gasteiger partial charge is 0.271 e. The van der Waals surface area contributed by atoms with Crippen LogP contribution >= 0.6 is 23.7 Å². The Hall–Kier alpha value is -1.87. The summed E-state index contributed by atoms with van der Waals surface area (Å²) in [6, 6.07) is 10.9. The van der Waals surface area contributed by atoms with E-state index in [0.717, 1.165) is 47.6 Å². The molecule has 0 bridgehead atoms. The lowest BCUT2D eigenvalue weighted by Gasteiger charge is -2.28. The van der Waals surface area contributed by atoms with E-state index in [-0.39, 0.29) is 12.4 Å². The predicted octanol–water partition coefficient (Wildman–Crippen LogP) is 3.24. The third-order valence-electron chi connectivity index (χ3n) is 4.39. The van der Waals surface area contributed by atoms with Crippen LogP contribution in [0.2, 0.25) is 0 Å². The van der Waals surface area contributed by atoms with Crippen LogP contribution in [0, 0.1) is 6.92 Å². The number of sulfonamides is 1. The van der Waals surface area contributed by atoms with Crippen molar-refractivity contribution in [3.63, 3.8) is 0 Å². The summed E-state index contributed by atoms with van der Waals surface area (Å²) in [7, 11) is -3.63. The van der Waals surface area contributed by atoms with Crippen molar-refractivity contribution < 1.29 is 8.42 Å². The van der Waals surface area contributed by atoms with E-state index in [2.05, 4.69) is 19.9 Å². The zero-order valence-corrected chi connectivity index (χ0v) is 17.3. The number of fused-ring (bicyclic) bond motifs is 1. The summed E-state index contributed by atoms with van der Waals surface area (Å²) in [4.78, 5) is 6.71. The van der Waals surface area contributed by atoms with Crippen molar-refractivity contribution in [1.29, 1.82) is 0 Å². The first kappa shape index (κ1) is 19.9. The summed E-state index contributed by atoms with van der Waals surface area (Å²) in [5, 5.41) is 4.21. The van der Waals surface area contributed by atoms with Gasteiger partial charge in [-0.25, -0.2) is 13.4 Å². The molecular weight excluding hydrogens is 404 g/mol. The second-order valence-corrected chi connectivity index (χ2v) is 9.31. The number of nitrogens with zero attached hydrogens (tertiary/aromatic N) is 2. The quantitative estimate of drug-likeness (QED) is 0.672. The lowest BCUT2D eigenvalue weighted by molar-refractivity contribution is 0.586. The SMILES string of the molecule is Cc1ccc(NS(=O)(=O)c2cc3c(N4CCNCC4)nccc3s2)cc1.Cl. The molecule has 0 atom stereocenters. The van der Waals surface area contributed by atoms with Crippen LogP contribution in [-0.2, 0) is 10.0 Å². The number of thiophene rings is 1. The molecule has 0 amide bonds. The fraction of sp³-hybridized carbons (Fsp3) is 0.278. The molecule has 3 heterocycles. The van der Waals surface area contributed by atoms with Gasteiger partial charge in [-0.05, 0) is 31.2 Å². The van der Waals surface area contributed by atoms with Crippen LogP contribution < -0.4 is 14.9 Å². The molecule has 3 aromatic rings. The van der Waals surface area contributed by atoms with Gasteiger partial charge >= 0.3 is 0 Å². The molecule has 0 unspecified atom stereocenters. The number of nitrogens with one attached hydrogen (secondary N) is 2. The standard InChI is InChI=1S/C18H20N4O2S2.ClH/c1-13-2-4-14(5-3-13)21-26(23,24)17-12-15-16(25-17)6-7-20-18(15)22-10-8-19-9-11-22;/h2-7,12,19,21H,8-11H2,1H3;1H. The van der Waals surface area contributed by atoms with Gasteiger partial charge in [-0.2, -0.15) is 0 Å². The van der Waals surface area contributed by atoms with E-state index in [0.29, 0.717) is 9.90 Å². The van der Waals surface area contributed by atoms with E-state index in [9.17, 15) is 8.42 Å². The van der Waals surface area contributed by atoms with Crippen molar-refractivity contribution >= 4 is 55.4 Å². The Morgan fingerprint density at radius 2 is 1.85 bits per heavy atom. The van der Waals surface area contributed by atoms with Crippen molar-refractivity contribution in [2.45, 2.75) is 11.1 Å². The molecule has 0 radical (unpaired) electrons. The van der Waals surface area contributed by atoms with Gasteiger partial charge in [0.15, 0.2) is 0 Å². The Morgan fingerprint density at radius 1 is 1.15 bits per heavy atom. The molecular formula is C18H21ClN4O2S2. The second-order valence-electron chi connectivity index (χ2n) is 6.32. The number of anilines is 2. The lowest BCUT2D eigenvalue weighted by Crippen LogP contribution is -2.43. The van der Waals surface area contributed by atoms with Gasteiger partial charge in [-0.3, -0.25) is 4.72 Å². The second kappa shape index (κ2) is 8.02. The van der Waals surface area contributed by atoms with Crippen LogP contribution in [0.25, 0.3) is 10.1 Å². The van der Waals surface area contributed by atoms with Crippen molar-refractivity contribution in [2.75, 3.05) is 35.8 Å². The fourth-order valence-corrected chi connectivity index (χ4v) is 5.45. The molecule has 0 aliphatic carbocycles. The number of benzene rings is 1. The Labute approximate surface area is 169 Å². The Morgan fingerprint density at radius 3 is 2.56 bits per heavy atom. The highest BCUT2D eigenvalue weighted by atomic mass is 35.5. The highest BCUT2D eigenvalue weighted by molar-refractivity contribution is 7.94. The maximum Gasteiger partial charge on any atom is 0.271 e. The zero-order valence-electron chi connectivity index (χ0n) is 14.8. The minimum Gasteiger partial charge on any atom is -0.354 e. The molecule has 27 heavy (non-hydrogen) atoms. The van der Waals surface area contributed by atoms with E-state index >= 15 is 0 Å². The number of hydrogen-bond acceptors (Lipinski definition) is 6. The molecule has 1 aliphatic heterocycles. The lowest BCUT2D eigenvalue weighted by atomic mass is 10.2. The number of piperazine rings is 1. The first-order chi connectivity index (χ1) is 12.5. The molecule has 0 spiro atoms. The average molecular weight is 425 g/mol. The molecule has 9 heteroatoms. The van der Waals surface area contributed by atoms with Gasteiger partial charge in [0.25, 0.3) is 10.0 Å². The number of halogens is 1. The molecule has 0 saturated carbocycles. The highest BCUT2D eigenvalue weighted by Crippen LogP contribution is 2.35. The molecule has 144 valence electrons. The summed E-state index contributed by atoms with van der Waals surface area (Å²) in [6.45, 7) is 5.51. The number of rotatable bonds is 4. The molecule has 1 aliphatic rings. The number of pyridine rings is 1. The van der Waals surface area contributed by atoms with E-state index in [1.807, 2.05) is 25.1 Å². The first-order valence-electron chi connectivity index (χ1n) is 8.47. The Kier molecular flexibility index (Phi) is 5.90. The molecule has 1 fully saturated rings. The third-order valence-corrected chi connectivity index (χ3v) is 7.34. The summed E-state index contributed by atoms with van der Waals surface area (Å²) < 4.78 is 29.5. The monoisotopic (exact) mass is 424 g/mol. The minimum absolute atomic E-state index is 0. The van der Waals surface area contributed by atoms with E-state index in [4.69, 9.17) is 0 Å². The van der Waals surface area contributed by atoms with Crippen LogP contribution in [0.5, 0.6) is 0 Å². The fourth-order valence-electron chi connectivity index (χ4n) is 3.01.